The molecule has 0 saturated carbocycles. The van der Waals surface area contributed by atoms with Crippen molar-refractivity contribution in [3.05, 3.63) is 81.6 Å². The van der Waals surface area contributed by atoms with E-state index < -0.39 is 0 Å². The van der Waals surface area contributed by atoms with Gasteiger partial charge in [-0.25, -0.2) is 4.39 Å². The number of carbonyl (C=O) groups excluding carboxylic acids is 2. The fourth-order valence-electron chi connectivity index (χ4n) is 3.75. The summed E-state index contributed by atoms with van der Waals surface area (Å²) in [6.07, 6.45) is 0. The number of amides is 2. The number of carbonyl (C=O) groups is 2. The maximum absolute atomic E-state index is 13.2. The topological polar surface area (TPSA) is 67.2 Å². The van der Waals surface area contributed by atoms with E-state index in [9.17, 15) is 14.0 Å². The van der Waals surface area contributed by atoms with E-state index in [2.05, 4.69) is 10.4 Å². The molecule has 4 aromatic rings. The lowest BCUT2D eigenvalue weighted by atomic mass is 10.1. The van der Waals surface area contributed by atoms with Gasteiger partial charge in [0.05, 0.1) is 23.7 Å². The first kappa shape index (κ1) is 22.7. The molecule has 6 nitrogen and oxygen atoms in total. The van der Waals surface area contributed by atoms with Crippen LogP contribution in [0.5, 0.6) is 0 Å². The summed E-state index contributed by atoms with van der Waals surface area (Å²) in [6.45, 7) is 6.19. The van der Waals surface area contributed by atoms with Crippen molar-refractivity contribution in [3.8, 4) is 0 Å². The zero-order chi connectivity index (χ0) is 23.7. The minimum absolute atomic E-state index is 0.0540. The number of halogens is 1. The summed E-state index contributed by atoms with van der Waals surface area (Å²) in [6, 6.07) is 13.9. The minimum atomic E-state index is -0.283. The van der Waals surface area contributed by atoms with Gasteiger partial charge in [-0.15, -0.1) is 11.3 Å². The Bertz CT molecular complexity index is 1320. The van der Waals surface area contributed by atoms with Crippen molar-refractivity contribution in [2.75, 3.05) is 18.9 Å². The molecule has 0 unspecified atom stereocenters. The third kappa shape index (κ3) is 4.80. The third-order valence-corrected chi connectivity index (χ3v) is 6.67. The van der Waals surface area contributed by atoms with Gasteiger partial charge in [0.25, 0.3) is 5.91 Å². The molecule has 2 aromatic heterocycles. The van der Waals surface area contributed by atoms with Crippen molar-refractivity contribution in [2.45, 2.75) is 27.3 Å². The summed E-state index contributed by atoms with van der Waals surface area (Å²) in [7, 11) is 1.62. The van der Waals surface area contributed by atoms with E-state index in [4.69, 9.17) is 0 Å². The SMILES string of the molecule is Cc1cccc(C)c1NC(=O)CN(C)C(=O)c1cc2c(C)nn(Cc3ccc(F)cc3)c2s1. The molecule has 33 heavy (non-hydrogen) atoms. The standard InChI is InChI=1S/C25H25FN4O2S/c1-15-6-5-7-16(2)23(15)27-22(31)14-29(4)24(32)21-12-20-17(3)28-30(25(20)33-21)13-18-8-10-19(26)11-9-18/h5-12H,13-14H2,1-4H3,(H,27,31). The van der Waals surface area contributed by atoms with E-state index in [0.29, 0.717) is 11.4 Å². The van der Waals surface area contributed by atoms with Gasteiger partial charge in [-0.3, -0.25) is 14.3 Å². The highest BCUT2D eigenvalue weighted by atomic mass is 32.1. The van der Waals surface area contributed by atoms with Crippen molar-refractivity contribution in [3.63, 3.8) is 0 Å². The van der Waals surface area contributed by atoms with Gasteiger partial charge >= 0.3 is 0 Å². The number of anilines is 1. The molecule has 0 aliphatic rings. The van der Waals surface area contributed by atoms with Gasteiger partial charge in [0.2, 0.25) is 5.91 Å². The van der Waals surface area contributed by atoms with Crippen molar-refractivity contribution >= 4 is 39.1 Å². The predicted octanol–water partition coefficient (Wildman–Crippen LogP) is 4.92. The Morgan fingerprint density at radius 1 is 1.09 bits per heavy atom. The van der Waals surface area contributed by atoms with E-state index >= 15 is 0 Å². The fraction of sp³-hybridized carbons (Fsp3) is 0.240. The normalized spacial score (nSPS) is 11.1. The Balaban J connectivity index is 1.49. The second-order valence-electron chi connectivity index (χ2n) is 8.18. The smallest absolute Gasteiger partial charge is 0.264 e. The number of hydrogen-bond donors (Lipinski definition) is 1. The Labute approximate surface area is 195 Å². The molecule has 1 N–H and O–H groups in total. The highest BCUT2D eigenvalue weighted by Crippen LogP contribution is 2.29. The van der Waals surface area contributed by atoms with Crippen LogP contribution in [0.4, 0.5) is 10.1 Å². The lowest BCUT2D eigenvalue weighted by molar-refractivity contribution is -0.116. The Morgan fingerprint density at radius 3 is 2.42 bits per heavy atom. The van der Waals surface area contributed by atoms with Gasteiger partial charge < -0.3 is 10.2 Å². The zero-order valence-electron chi connectivity index (χ0n) is 19.0. The molecule has 8 heteroatoms. The number of rotatable bonds is 6. The van der Waals surface area contributed by atoms with Crippen LogP contribution in [0.3, 0.4) is 0 Å². The largest absolute Gasteiger partial charge is 0.332 e. The summed E-state index contributed by atoms with van der Waals surface area (Å²) in [5.74, 6) is -0.752. The average molecular weight is 465 g/mol. The first-order valence-corrected chi connectivity index (χ1v) is 11.4. The van der Waals surface area contributed by atoms with Crippen LogP contribution in [0.2, 0.25) is 0 Å². The van der Waals surface area contributed by atoms with Crippen LogP contribution in [0.15, 0.2) is 48.5 Å². The number of thiophene rings is 1. The summed E-state index contributed by atoms with van der Waals surface area (Å²) in [5.41, 5.74) is 4.47. The monoisotopic (exact) mass is 464 g/mol. The molecule has 0 radical (unpaired) electrons. The number of benzene rings is 2. The molecule has 4 rings (SSSR count). The summed E-state index contributed by atoms with van der Waals surface area (Å²) in [5, 5.41) is 8.39. The predicted molar refractivity (Wildman–Crippen MR) is 129 cm³/mol. The van der Waals surface area contributed by atoms with Crippen LogP contribution in [-0.2, 0) is 11.3 Å². The van der Waals surface area contributed by atoms with Gasteiger partial charge in [0.15, 0.2) is 0 Å². The average Bonchev–Trinajstić information content (AvgIpc) is 3.33. The lowest BCUT2D eigenvalue weighted by Crippen LogP contribution is -2.34. The third-order valence-electron chi connectivity index (χ3n) is 5.54. The van der Waals surface area contributed by atoms with Crippen LogP contribution < -0.4 is 5.32 Å². The van der Waals surface area contributed by atoms with Crippen molar-refractivity contribution < 1.29 is 14.0 Å². The zero-order valence-corrected chi connectivity index (χ0v) is 19.8. The highest BCUT2D eigenvalue weighted by Gasteiger charge is 2.21. The molecular weight excluding hydrogens is 439 g/mol. The molecule has 0 atom stereocenters. The molecule has 0 spiro atoms. The lowest BCUT2D eigenvalue weighted by Gasteiger charge is -2.17. The van der Waals surface area contributed by atoms with Gasteiger partial charge in [-0.2, -0.15) is 5.10 Å². The molecule has 0 fully saturated rings. The first-order valence-electron chi connectivity index (χ1n) is 10.6. The molecule has 170 valence electrons. The maximum atomic E-state index is 13.2. The second-order valence-corrected chi connectivity index (χ2v) is 9.21. The Kier molecular flexibility index (Phi) is 6.29. The van der Waals surface area contributed by atoms with E-state index in [-0.39, 0.29) is 24.2 Å². The van der Waals surface area contributed by atoms with Gasteiger partial charge in [-0.1, -0.05) is 30.3 Å². The van der Waals surface area contributed by atoms with E-state index in [1.165, 1.54) is 28.4 Å². The number of likely N-dealkylation sites (N-methyl/N-ethyl adjacent to an activating group) is 1. The number of fused-ring (bicyclic) bond motifs is 1. The summed E-state index contributed by atoms with van der Waals surface area (Å²) < 4.78 is 15.0. The van der Waals surface area contributed by atoms with Crippen LogP contribution in [0.1, 0.15) is 32.1 Å². The number of aryl methyl sites for hydroxylation is 3. The minimum Gasteiger partial charge on any atom is -0.332 e. The Hall–Kier alpha value is -3.52. The molecule has 2 heterocycles. The van der Waals surface area contributed by atoms with E-state index in [0.717, 1.165) is 38.3 Å². The van der Waals surface area contributed by atoms with Crippen LogP contribution in [-0.4, -0.2) is 40.1 Å². The van der Waals surface area contributed by atoms with Crippen LogP contribution in [0.25, 0.3) is 10.2 Å². The molecular formula is C25H25FN4O2S. The van der Waals surface area contributed by atoms with Gasteiger partial charge in [-0.05, 0) is 55.7 Å². The summed E-state index contributed by atoms with van der Waals surface area (Å²) >= 11 is 1.34. The van der Waals surface area contributed by atoms with Gasteiger partial charge in [0.1, 0.15) is 10.6 Å². The van der Waals surface area contributed by atoms with Crippen molar-refractivity contribution in [1.82, 2.24) is 14.7 Å². The molecule has 0 aliphatic heterocycles. The molecule has 0 saturated heterocycles. The number of para-hydroxylation sites is 1. The number of aromatic nitrogens is 2. The maximum Gasteiger partial charge on any atom is 0.264 e. The van der Waals surface area contributed by atoms with Crippen LogP contribution in [0, 0.1) is 26.6 Å². The first-order chi connectivity index (χ1) is 15.7. The molecule has 2 amide bonds. The number of nitrogens with zero attached hydrogens (tertiary/aromatic N) is 3. The van der Waals surface area contributed by atoms with Crippen LogP contribution >= 0.6 is 11.3 Å². The van der Waals surface area contributed by atoms with E-state index in [1.807, 2.05) is 49.7 Å². The van der Waals surface area contributed by atoms with Crippen molar-refractivity contribution in [2.24, 2.45) is 0 Å². The number of nitrogens with one attached hydrogen (secondary N) is 1. The van der Waals surface area contributed by atoms with Crippen molar-refractivity contribution in [1.29, 1.82) is 0 Å². The quantitative estimate of drug-likeness (QED) is 0.440. The van der Waals surface area contributed by atoms with E-state index in [1.54, 1.807) is 19.2 Å². The fourth-order valence-corrected chi connectivity index (χ4v) is 4.91. The second kappa shape index (κ2) is 9.15. The van der Waals surface area contributed by atoms with Gasteiger partial charge in [0, 0.05) is 18.1 Å². The highest BCUT2D eigenvalue weighted by molar-refractivity contribution is 7.20. The molecule has 0 bridgehead atoms. The summed E-state index contributed by atoms with van der Waals surface area (Å²) in [4.78, 5) is 28.4. The molecule has 0 aliphatic carbocycles. The number of hydrogen-bond acceptors (Lipinski definition) is 4. The molecule has 2 aromatic carbocycles. The Morgan fingerprint density at radius 2 is 1.76 bits per heavy atom.